The Morgan fingerprint density at radius 3 is 2.25 bits per heavy atom. The molecule has 1 amide bonds. The molecule has 0 radical (unpaired) electrons. The third-order valence-electron chi connectivity index (χ3n) is 3.15. The lowest BCUT2D eigenvalue weighted by molar-refractivity contribution is -0.128. The maximum atomic E-state index is 11.2. The largest absolute Gasteiger partial charge is 0.384 e. The highest BCUT2D eigenvalue weighted by molar-refractivity contribution is 5.79. The van der Waals surface area contributed by atoms with Crippen molar-refractivity contribution in [2.45, 2.75) is 19.4 Å². The third-order valence-corrected chi connectivity index (χ3v) is 3.15. The molecular formula is C17H19NO2. The Morgan fingerprint density at radius 1 is 1.05 bits per heavy atom. The summed E-state index contributed by atoms with van der Waals surface area (Å²) in [4.78, 5) is 11.2. The lowest BCUT2D eigenvalue weighted by Crippen LogP contribution is -2.33. The number of carbonyl (C=O) groups excluding carboxylic acids is 1. The van der Waals surface area contributed by atoms with Crippen molar-refractivity contribution in [1.82, 2.24) is 5.32 Å². The van der Waals surface area contributed by atoms with Gasteiger partial charge in [-0.15, -0.1) is 0 Å². The summed E-state index contributed by atoms with van der Waals surface area (Å²) in [5.74, 6) is -0.328. The molecule has 0 aliphatic rings. The number of hydrogen-bond acceptors (Lipinski definition) is 2. The highest BCUT2D eigenvalue weighted by atomic mass is 16.3. The Bertz CT molecular complexity index is 547. The molecule has 2 aromatic carbocycles. The van der Waals surface area contributed by atoms with Gasteiger partial charge in [-0.2, -0.15) is 0 Å². The minimum Gasteiger partial charge on any atom is -0.384 e. The second-order valence-electron chi connectivity index (χ2n) is 4.78. The van der Waals surface area contributed by atoms with Crippen molar-refractivity contribution in [2.75, 3.05) is 6.54 Å². The Kier molecular flexibility index (Phi) is 4.91. The number of amides is 1. The molecule has 0 aliphatic carbocycles. The molecule has 2 rings (SSSR count). The van der Waals surface area contributed by atoms with Crippen LogP contribution < -0.4 is 5.32 Å². The topological polar surface area (TPSA) is 49.3 Å². The van der Waals surface area contributed by atoms with Gasteiger partial charge in [-0.25, -0.2) is 0 Å². The summed E-state index contributed by atoms with van der Waals surface area (Å²) in [5, 5.41) is 11.8. The van der Waals surface area contributed by atoms with Gasteiger partial charge >= 0.3 is 0 Å². The van der Waals surface area contributed by atoms with E-state index in [4.69, 9.17) is 5.11 Å². The van der Waals surface area contributed by atoms with Crippen LogP contribution in [0.4, 0.5) is 0 Å². The van der Waals surface area contributed by atoms with E-state index >= 15 is 0 Å². The van der Waals surface area contributed by atoms with Crippen LogP contribution in [0.15, 0.2) is 54.6 Å². The van der Waals surface area contributed by atoms with E-state index in [1.54, 1.807) is 0 Å². The van der Waals surface area contributed by atoms with E-state index in [9.17, 15) is 4.79 Å². The Hall–Kier alpha value is -2.13. The molecule has 104 valence electrons. The minimum atomic E-state index is -0.949. The zero-order valence-corrected chi connectivity index (χ0v) is 11.5. The number of nitrogens with one attached hydrogen (secondary N) is 1. The average molecular weight is 269 g/mol. The lowest BCUT2D eigenvalue weighted by atomic mass is 10.0. The van der Waals surface area contributed by atoms with Crippen molar-refractivity contribution in [2.24, 2.45) is 0 Å². The van der Waals surface area contributed by atoms with E-state index in [1.807, 2.05) is 18.2 Å². The molecule has 3 nitrogen and oxygen atoms in total. The van der Waals surface area contributed by atoms with Crippen molar-refractivity contribution in [3.63, 3.8) is 0 Å². The van der Waals surface area contributed by atoms with Crippen LogP contribution in [-0.2, 0) is 11.2 Å². The molecule has 0 aromatic heterocycles. The Balaban J connectivity index is 1.91. The number of carbonyl (C=O) groups is 1. The summed E-state index contributed by atoms with van der Waals surface area (Å²) in [5.41, 5.74) is 3.54. The summed E-state index contributed by atoms with van der Waals surface area (Å²) in [6.07, 6.45) is -0.191. The van der Waals surface area contributed by atoms with Gasteiger partial charge < -0.3 is 10.4 Å². The summed E-state index contributed by atoms with van der Waals surface area (Å²) >= 11 is 0. The molecule has 20 heavy (non-hydrogen) atoms. The SMILES string of the molecule is CC(O)C(=O)NCCc1ccc(-c2ccccc2)cc1. The van der Waals surface area contributed by atoms with Crippen LogP contribution in [0.25, 0.3) is 11.1 Å². The normalized spacial score (nSPS) is 11.9. The fraction of sp³-hybridized carbons (Fsp3) is 0.235. The van der Waals surface area contributed by atoms with Crippen molar-refractivity contribution in [1.29, 1.82) is 0 Å². The molecule has 1 atom stereocenters. The second-order valence-corrected chi connectivity index (χ2v) is 4.78. The first-order valence-corrected chi connectivity index (χ1v) is 6.77. The monoisotopic (exact) mass is 269 g/mol. The molecule has 0 aliphatic heterocycles. The van der Waals surface area contributed by atoms with Gasteiger partial charge in [0.05, 0.1) is 0 Å². The number of aliphatic hydroxyl groups excluding tert-OH is 1. The van der Waals surface area contributed by atoms with E-state index in [0.717, 1.165) is 12.0 Å². The molecule has 0 saturated carbocycles. The second kappa shape index (κ2) is 6.87. The molecule has 0 saturated heterocycles. The van der Waals surface area contributed by atoms with E-state index in [1.165, 1.54) is 18.1 Å². The van der Waals surface area contributed by atoms with Crippen LogP contribution in [-0.4, -0.2) is 23.7 Å². The van der Waals surface area contributed by atoms with Crippen LogP contribution >= 0.6 is 0 Å². The smallest absolute Gasteiger partial charge is 0.248 e. The molecule has 0 spiro atoms. The quantitative estimate of drug-likeness (QED) is 0.875. The molecule has 2 aromatic rings. The van der Waals surface area contributed by atoms with Crippen LogP contribution in [0, 0.1) is 0 Å². The summed E-state index contributed by atoms with van der Waals surface area (Å²) in [6, 6.07) is 18.5. The third kappa shape index (κ3) is 3.93. The molecule has 2 N–H and O–H groups in total. The van der Waals surface area contributed by atoms with Crippen molar-refractivity contribution in [3.8, 4) is 11.1 Å². The average Bonchev–Trinajstić information content (AvgIpc) is 2.48. The number of benzene rings is 2. The maximum Gasteiger partial charge on any atom is 0.248 e. The van der Waals surface area contributed by atoms with Crippen molar-refractivity contribution in [3.05, 3.63) is 60.2 Å². The minimum absolute atomic E-state index is 0.328. The highest BCUT2D eigenvalue weighted by Gasteiger charge is 2.06. The molecule has 1 unspecified atom stereocenters. The van der Waals surface area contributed by atoms with E-state index in [-0.39, 0.29) is 5.91 Å². The standard InChI is InChI=1S/C17H19NO2/c1-13(19)17(20)18-12-11-14-7-9-16(10-8-14)15-5-3-2-4-6-15/h2-10,13,19H,11-12H2,1H3,(H,18,20). The van der Waals surface area contributed by atoms with E-state index in [0.29, 0.717) is 6.54 Å². The highest BCUT2D eigenvalue weighted by Crippen LogP contribution is 2.19. The van der Waals surface area contributed by atoms with Gasteiger partial charge in [0, 0.05) is 6.54 Å². The molecule has 0 bridgehead atoms. The van der Waals surface area contributed by atoms with Crippen LogP contribution in [0.3, 0.4) is 0 Å². The van der Waals surface area contributed by atoms with Gasteiger partial charge in [0.2, 0.25) is 5.91 Å². The van der Waals surface area contributed by atoms with Crippen LogP contribution in [0.1, 0.15) is 12.5 Å². The summed E-state index contributed by atoms with van der Waals surface area (Å²) < 4.78 is 0. The fourth-order valence-corrected chi connectivity index (χ4v) is 1.97. The molecular weight excluding hydrogens is 250 g/mol. The number of hydrogen-bond donors (Lipinski definition) is 2. The predicted molar refractivity (Wildman–Crippen MR) is 80.3 cm³/mol. The van der Waals surface area contributed by atoms with Gasteiger partial charge in [0.1, 0.15) is 6.10 Å². The summed E-state index contributed by atoms with van der Waals surface area (Å²) in [7, 11) is 0. The van der Waals surface area contributed by atoms with Gasteiger partial charge in [-0.3, -0.25) is 4.79 Å². The zero-order chi connectivity index (χ0) is 14.4. The molecule has 3 heteroatoms. The maximum absolute atomic E-state index is 11.2. The van der Waals surface area contributed by atoms with E-state index < -0.39 is 6.10 Å². The lowest BCUT2D eigenvalue weighted by Gasteiger charge is -2.08. The van der Waals surface area contributed by atoms with Crippen molar-refractivity contribution >= 4 is 5.91 Å². The molecule has 0 fully saturated rings. The van der Waals surface area contributed by atoms with E-state index in [2.05, 4.69) is 41.7 Å². The first kappa shape index (κ1) is 14.3. The zero-order valence-electron chi connectivity index (χ0n) is 11.5. The van der Waals surface area contributed by atoms with Crippen LogP contribution in [0.5, 0.6) is 0 Å². The predicted octanol–water partition coefficient (Wildman–Crippen LogP) is 2.39. The fourth-order valence-electron chi connectivity index (χ4n) is 1.97. The Labute approximate surface area is 119 Å². The molecule has 0 heterocycles. The first-order chi connectivity index (χ1) is 9.66. The number of aliphatic hydroxyl groups is 1. The van der Waals surface area contributed by atoms with Gasteiger partial charge in [-0.05, 0) is 30.0 Å². The van der Waals surface area contributed by atoms with Crippen LogP contribution in [0.2, 0.25) is 0 Å². The Morgan fingerprint density at radius 2 is 1.65 bits per heavy atom. The van der Waals surface area contributed by atoms with Crippen molar-refractivity contribution < 1.29 is 9.90 Å². The van der Waals surface area contributed by atoms with Gasteiger partial charge in [-0.1, -0.05) is 54.6 Å². The first-order valence-electron chi connectivity index (χ1n) is 6.77. The van der Waals surface area contributed by atoms with Gasteiger partial charge in [0.25, 0.3) is 0 Å². The summed E-state index contributed by atoms with van der Waals surface area (Å²) in [6.45, 7) is 2.00. The number of rotatable bonds is 5. The van der Waals surface area contributed by atoms with Gasteiger partial charge in [0.15, 0.2) is 0 Å².